The van der Waals surface area contributed by atoms with Crippen molar-refractivity contribution in [3.63, 3.8) is 0 Å². The van der Waals surface area contributed by atoms with E-state index in [2.05, 4.69) is 23.1 Å². The average molecular weight is 887 g/mol. The average Bonchev–Trinajstić information content (AvgIpc) is 3.30. The van der Waals surface area contributed by atoms with Crippen molar-refractivity contribution in [2.24, 2.45) is 22.9 Å². The summed E-state index contributed by atoms with van der Waals surface area (Å²) in [5, 5.41) is 48.1. The molecule has 64 heavy (non-hydrogen) atoms. The van der Waals surface area contributed by atoms with Gasteiger partial charge in [0.1, 0.15) is 30.4 Å². The third-order valence-electron chi connectivity index (χ3n) is 11.9. The number of fused-ring (bicyclic) bond motifs is 2. The smallest absolute Gasteiger partial charge is 0.415 e. The number of amides is 2. The van der Waals surface area contributed by atoms with Crippen molar-refractivity contribution >= 4 is 23.6 Å². The number of nitrogens with zero attached hydrogens (tertiary/aromatic N) is 3. The number of allylic oxidation sites excluding steroid dienone is 1. The van der Waals surface area contributed by atoms with E-state index in [0.717, 1.165) is 29.5 Å². The van der Waals surface area contributed by atoms with Gasteiger partial charge >= 0.3 is 12.2 Å². The molecule has 3 aromatic rings. The number of oxime groups is 1. The number of non-ortho nitro benzene ring substituents is 1. The number of unbranched alkanes of at least 4 members (excludes halogenated alkanes) is 2. The molecule has 1 aliphatic heterocycles. The van der Waals surface area contributed by atoms with Crippen LogP contribution in [0.4, 0.5) is 15.3 Å². The molecule has 1 saturated carbocycles. The van der Waals surface area contributed by atoms with Crippen LogP contribution < -0.4 is 19.5 Å². The molecule has 17 nitrogen and oxygen atoms in total. The lowest BCUT2D eigenvalue weighted by Gasteiger charge is -2.59. The van der Waals surface area contributed by atoms with Gasteiger partial charge in [-0.1, -0.05) is 60.5 Å². The molecule has 2 amide bonds. The minimum absolute atomic E-state index is 0.00320. The Balaban J connectivity index is 1.50. The first kappa shape index (κ1) is 47.6. The Morgan fingerprint density at radius 1 is 0.969 bits per heavy atom. The second kappa shape index (κ2) is 23.2. The van der Waals surface area contributed by atoms with E-state index in [1.54, 1.807) is 18.2 Å². The minimum Gasteiger partial charge on any atom is -0.459 e. The van der Waals surface area contributed by atoms with Crippen LogP contribution in [-0.2, 0) is 20.9 Å². The SMILES string of the molecule is C=CCO[C@@]12Oc3ccc(OC(=O)NCc4ccccc4)cc3[C@H]3[C@H](CCCCO)[C@@H](CCCCO)C=C(C(=NOC)C[C@@H]1N(CCOCCO)C(=O)Oc1ccc([N+](=O)[O-])cc1)[C@H]32. The summed E-state index contributed by atoms with van der Waals surface area (Å²) in [5.41, 5.74) is 2.79. The molecule has 0 aromatic heterocycles. The van der Waals surface area contributed by atoms with Crippen LogP contribution in [0.2, 0.25) is 0 Å². The third-order valence-corrected chi connectivity index (χ3v) is 11.9. The van der Waals surface area contributed by atoms with E-state index in [1.807, 2.05) is 36.4 Å². The first-order chi connectivity index (χ1) is 31.2. The molecule has 2 aliphatic carbocycles. The van der Waals surface area contributed by atoms with Gasteiger partial charge in [-0.2, -0.15) is 0 Å². The number of ether oxygens (including phenoxy) is 5. The number of rotatable bonds is 23. The first-order valence-electron chi connectivity index (χ1n) is 21.7. The predicted octanol–water partition coefficient (Wildman–Crippen LogP) is 6.66. The van der Waals surface area contributed by atoms with E-state index in [0.29, 0.717) is 37.1 Å². The summed E-state index contributed by atoms with van der Waals surface area (Å²) in [5.74, 6) is -2.11. The molecule has 0 bridgehead atoms. The number of carbonyl (C=O) groups excluding carboxylic acids is 2. The highest BCUT2D eigenvalue weighted by Gasteiger charge is 2.65. The van der Waals surface area contributed by atoms with Gasteiger partial charge < -0.3 is 49.2 Å². The maximum absolute atomic E-state index is 14.6. The molecule has 17 heteroatoms. The fourth-order valence-corrected chi connectivity index (χ4v) is 9.23. The molecule has 1 fully saturated rings. The second-order valence-electron chi connectivity index (χ2n) is 15.8. The van der Waals surface area contributed by atoms with Gasteiger partial charge in [0.2, 0.25) is 5.79 Å². The number of nitrogens with one attached hydrogen (secondary N) is 1. The van der Waals surface area contributed by atoms with Crippen LogP contribution in [0.1, 0.15) is 62.0 Å². The lowest BCUT2D eigenvalue weighted by atomic mass is 9.55. The van der Waals surface area contributed by atoms with Gasteiger partial charge in [0.25, 0.3) is 5.69 Å². The largest absolute Gasteiger partial charge is 0.459 e. The molecule has 0 saturated heterocycles. The van der Waals surface area contributed by atoms with Crippen LogP contribution in [-0.4, -0.2) is 108 Å². The number of benzene rings is 3. The summed E-state index contributed by atoms with van der Waals surface area (Å²) in [4.78, 5) is 45.6. The van der Waals surface area contributed by atoms with Gasteiger partial charge in [-0.3, -0.25) is 15.0 Å². The quantitative estimate of drug-likeness (QED) is 0.0339. The molecule has 4 N–H and O–H groups in total. The Kier molecular flexibility index (Phi) is 17.3. The molecule has 0 spiro atoms. The zero-order valence-electron chi connectivity index (χ0n) is 36.0. The zero-order valence-corrected chi connectivity index (χ0v) is 36.0. The summed E-state index contributed by atoms with van der Waals surface area (Å²) < 4.78 is 31.6. The van der Waals surface area contributed by atoms with Crippen molar-refractivity contribution in [1.82, 2.24) is 10.2 Å². The molecule has 1 heterocycles. The highest BCUT2D eigenvalue weighted by atomic mass is 16.7. The van der Waals surface area contributed by atoms with Gasteiger partial charge in [0.15, 0.2) is 0 Å². The molecule has 0 radical (unpaired) electrons. The molecule has 3 aliphatic rings. The van der Waals surface area contributed by atoms with Gasteiger partial charge in [-0.25, -0.2) is 9.59 Å². The lowest BCUT2D eigenvalue weighted by molar-refractivity contribution is -0.384. The Hall–Kier alpha value is -5.85. The first-order valence-corrected chi connectivity index (χ1v) is 21.7. The van der Waals surface area contributed by atoms with Crippen LogP contribution >= 0.6 is 0 Å². The zero-order chi connectivity index (χ0) is 45.5. The summed E-state index contributed by atoms with van der Waals surface area (Å²) in [6, 6.07) is 18.8. The standard InChI is InChI=1S/C47H58N4O13/c1-3-25-61-47-42(50(21-26-60-27-24-54)46(56)63-35-17-15-34(16-18-35)51(57)58)30-40(49-59-2)38-28-33(13-7-9-22-52)37(14-8-10-23-53)43(44(38)47)39-29-36(19-20-41(39)64-47)62-45(55)48-31-32-11-5-4-6-12-32/h3-6,11-12,15-20,28-29,33,37,42-44,52-54H,1,7-10,13-14,21-27,30-31H2,2H3,(H,48,55)/t33-,37+,42-,43+,44+,47+/m0/s1. The monoisotopic (exact) mass is 886 g/mol. The molecule has 344 valence electrons. The Bertz CT molecular complexity index is 2100. The highest BCUT2D eigenvalue weighted by molar-refractivity contribution is 6.03. The van der Waals surface area contributed by atoms with E-state index < -0.39 is 40.8 Å². The van der Waals surface area contributed by atoms with Gasteiger partial charge in [-0.15, -0.1) is 6.58 Å². The maximum atomic E-state index is 14.6. The molecule has 6 atom stereocenters. The predicted molar refractivity (Wildman–Crippen MR) is 235 cm³/mol. The van der Waals surface area contributed by atoms with Crippen molar-refractivity contribution < 1.29 is 58.4 Å². The summed E-state index contributed by atoms with van der Waals surface area (Å²) in [7, 11) is 1.44. The van der Waals surface area contributed by atoms with Gasteiger partial charge in [0, 0.05) is 56.3 Å². The van der Waals surface area contributed by atoms with Gasteiger partial charge in [-0.05, 0) is 79.0 Å². The highest BCUT2D eigenvalue weighted by Crippen LogP contribution is 2.62. The topological polar surface area (TPSA) is 221 Å². The molecule has 6 rings (SSSR count). The van der Waals surface area contributed by atoms with E-state index in [-0.39, 0.29) is 88.2 Å². The Morgan fingerprint density at radius 3 is 2.39 bits per heavy atom. The van der Waals surface area contributed by atoms with Crippen molar-refractivity contribution in [2.75, 3.05) is 53.3 Å². The minimum atomic E-state index is -1.64. The fraction of sp³-hybridized carbons (Fsp3) is 0.468. The van der Waals surface area contributed by atoms with Crippen LogP contribution in [0, 0.1) is 27.9 Å². The Morgan fingerprint density at radius 2 is 1.70 bits per heavy atom. The number of aliphatic hydroxyl groups is 3. The van der Waals surface area contributed by atoms with Crippen LogP contribution in [0.15, 0.2) is 102 Å². The Labute approximate surface area is 372 Å². The third kappa shape index (κ3) is 11.3. The van der Waals surface area contributed by atoms with Crippen molar-refractivity contribution in [1.29, 1.82) is 0 Å². The molecule has 3 aromatic carbocycles. The van der Waals surface area contributed by atoms with E-state index in [9.17, 15) is 35.0 Å². The van der Waals surface area contributed by atoms with E-state index in [4.69, 9.17) is 28.5 Å². The second-order valence-corrected chi connectivity index (χ2v) is 15.8. The van der Waals surface area contributed by atoms with Crippen LogP contribution in [0.3, 0.4) is 0 Å². The molecular weight excluding hydrogens is 829 g/mol. The normalized spacial score (nSPS) is 22.5. The lowest BCUT2D eigenvalue weighted by Crippen LogP contribution is -2.70. The molecular formula is C47H58N4O13. The fourth-order valence-electron chi connectivity index (χ4n) is 9.23. The van der Waals surface area contributed by atoms with E-state index in [1.165, 1.54) is 36.3 Å². The van der Waals surface area contributed by atoms with Crippen LogP contribution in [0.5, 0.6) is 17.2 Å². The van der Waals surface area contributed by atoms with Crippen molar-refractivity contribution in [3.8, 4) is 17.2 Å². The number of nitro groups is 1. The summed E-state index contributed by atoms with van der Waals surface area (Å²) in [6.07, 6.45) is 6.37. The summed E-state index contributed by atoms with van der Waals surface area (Å²) >= 11 is 0. The number of aliphatic hydroxyl groups excluding tert-OH is 3. The number of nitro benzene ring substituents is 1. The maximum Gasteiger partial charge on any atom is 0.415 e. The van der Waals surface area contributed by atoms with Gasteiger partial charge in [0.05, 0.1) is 43.0 Å². The summed E-state index contributed by atoms with van der Waals surface area (Å²) in [6.45, 7) is 3.95. The van der Waals surface area contributed by atoms with Crippen molar-refractivity contribution in [3.05, 3.63) is 118 Å². The number of hydrogen-bond acceptors (Lipinski definition) is 14. The number of hydrogen-bond donors (Lipinski definition) is 4. The van der Waals surface area contributed by atoms with Crippen LogP contribution in [0.25, 0.3) is 0 Å². The van der Waals surface area contributed by atoms with Crippen molar-refractivity contribution in [2.45, 2.75) is 69.2 Å². The number of carbonyl (C=O) groups is 2. The molecule has 0 unspecified atom stereocenters. The van der Waals surface area contributed by atoms with E-state index >= 15 is 0 Å².